The zero-order valence-electron chi connectivity index (χ0n) is 12.8. The molecule has 2 aromatic rings. The van der Waals surface area contributed by atoms with Crippen LogP contribution in [0.25, 0.3) is 10.4 Å². The number of benzene rings is 1. The molecule has 1 aromatic heterocycles. The normalized spacial score (nSPS) is 16.1. The quantitative estimate of drug-likeness (QED) is 0.605. The highest BCUT2D eigenvalue weighted by atomic mass is 79.9. The molecule has 1 aliphatic rings. The minimum Gasteiger partial charge on any atom is -0.260 e. The average molecular weight is 397 g/mol. The van der Waals surface area contributed by atoms with Gasteiger partial charge in [0.1, 0.15) is 0 Å². The average Bonchev–Trinajstić information content (AvgIpc) is 3.03. The van der Waals surface area contributed by atoms with Gasteiger partial charge in [0.15, 0.2) is 0 Å². The van der Waals surface area contributed by atoms with Crippen LogP contribution in [0.3, 0.4) is 0 Å². The molecular weight excluding hydrogens is 376 g/mol. The van der Waals surface area contributed by atoms with Crippen molar-refractivity contribution >= 4 is 39.2 Å². The van der Waals surface area contributed by atoms with Crippen molar-refractivity contribution in [3.05, 3.63) is 33.9 Å². The standard InChI is InChI=1S/C17H21BrN2S2/c1-2-20-22-15-10-13(18)8-9-14(15)16-11-19-17(21-16)12-6-4-3-5-7-12/h8-12,20H,2-7H2,1H3. The van der Waals surface area contributed by atoms with E-state index in [4.69, 9.17) is 4.98 Å². The van der Waals surface area contributed by atoms with Gasteiger partial charge in [0.05, 0.1) is 9.88 Å². The van der Waals surface area contributed by atoms with Crippen molar-refractivity contribution in [3.8, 4) is 10.4 Å². The minimum atomic E-state index is 0.688. The molecule has 0 radical (unpaired) electrons. The molecule has 2 nitrogen and oxygen atoms in total. The van der Waals surface area contributed by atoms with Crippen LogP contribution in [0.2, 0.25) is 0 Å². The van der Waals surface area contributed by atoms with Crippen LogP contribution in [0.4, 0.5) is 0 Å². The molecule has 0 bridgehead atoms. The maximum absolute atomic E-state index is 4.74. The zero-order chi connectivity index (χ0) is 15.4. The molecule has 0 aliphatic heterocycles. The van der Waals surface area contributed by atoms with Gasteiger partial charge < -0.3 is 0 Å². The Morgan fingerprint density at radius 1 is 1.32 bits per heavy atom. The van der Waals surface area contributed by atoms with Gasteiger partial charge in [-0.2, -0.15) is 0 Å². The lowest BCUT2D eigenvalue weighted by atomic mass is 9.90. The van der Waals surface area contributed by atoms with Crippen molar-refractivity contribution in [2.45, 2.75) is 49.8 Å². The van der Waals surface area contributed by atoms with Crippen molar-refractivity contribution in [2.24, 2.45) is 0 Å². The fourth-order valence-electron chi connectivity index (χ4n) is 2.88. The van der Waals surface area contributed by atoms with Crippen molar-refractivity contribution in [1.82, 2.24) is 9.71 Å². The SMILES string of the molecule is CCNSc1cc(Br)ccc1-c1cnc(C2CCCCC2)s1. The summed E-state index contributed by atoms with van der Waals surface area (Å²) in [6.45, 7) is 3.07. The third-order valence-corrected chi connectivity index (χ3v) is 6.69. The molecule has 3 rings (SSSR count). The van der Waals surface area contributed by atoms with Crippen molar-refractivity contribution in [3.63, 3.8) is 0 Å². The Balaban J connectivity index is 1.85. The number of aromatic nitrogens is 1. The van der Waals surface area contributed by atoms with Gasteiger partial charge in [-0.15, -0.1) is 11.3 Å². The van der Waals surface area contributed by atoms with Crippen LogP contribution < -0.4 is 4.72 Å². The van der Waals surface area contributed by atoms with Gasteiger partial charge in [-0.1, -0.05) is 48.2 Å². The Kier molecular flexibility index (Phi) is 5.96. The van der Waals surface area contributed by atoms with Crippen molar-refractivity contribution in [1.29, 1.82) is 0 Å². The number of hydrogen-bond acceptors (Lipinski definition) is 4. The van der Waals surface area contributed by atoms with Gasteiger partial charge in [0.2, 0.25) is 0 Å². The summed E-state index contributed by atoms with van der Waals surface area (Å²) in [6, 6.07) is 6.50. The molecule has 1 aliphatic carbocycles. The van der Waals surface area contributed by atoms with Crippen LogP contribution in [-0.2, 0) is 0 Å². The topological polar surface area (TPSA) is 24.9 Å². The first-order chi connectivity index (χ1) is 10.8. The summed E-state index contributed by atoms with van der Waals surface area (Å²) in [5.41, 5.74) is 1.29. The first kappa shape index (κ1) is 16.5. The predicted octanol–water partition coefficient (Wildman–Crippen LogP) is 6.24. The van der Waals surface area contributed by atoms with Gasteiger partial charge >= 0.3 is 0 Å². The Morgan fingerprint density at radius 2 is 2.14 bits per heavy atom. The molecule has 0 atom stereocenters. The van der Waals surface area contributed by atoms with Gasteiger partial charge in [0.25, 0.3) is 0 Å². The lowest BCUT2D eigenvalue weighted by molar-refractivity contribution is 0.442. The molecule has 118 valence electrons. The van der Waals surface area contributed by atoms with E-state index in [9.17, 15) is 0 Å². The van der Waals surface area contributed by atoms with E-state index < -0.39 is 0 Å². The largest absolute Gasteiger partial charge is 0.260 e. The molecule has 1 N–H and O–H groups in total. The van der Waals surface area contributed by atoms with Crippen LogP contribution in [0, 0.1) is 0 Å². The minimum absolute atomic E-state index is 0.688. The third kappa shape index (κ3) is 3.94. The summed E-state index contributed by atoms with van der Waals surface area (Å²) in [6.07, 6.45) is 8.80. The fraction of sp³-hybridized carbons (Fsp3) is 0.471. The lowest BCUT2D eigenvalue weighted by Gasteiger charge is -2.18. The van der Waals surface area contributed by atoms with E-state index in [0.717, 1.165) is 11.0 Å². The summed E-state index contributed by atoms with van der Waals surface area (Å²) in [7, 11) is 0. The maximum Gasteiger partial charge on any atom is 0.0962 e. The molecular formula is C17H21BrN2S2. The fourth-order valence-corrected chi connectivity index (χ4v) is 5.36. The van der Waals surface area contributed by atoms with E-state index in [1.807, 2.05) is 11.3 Å². The molecule has 1 fully saturated rings. The second kappa shape index (κ2) is 7.95. The highest BCUT2D eigenvalue weighted by molar-refractivity contribution is 9.10. The third-order valence-electron chi connectivity index (χ3n) is 4.01. The second-order valence-corrected chi connectivity index (χ2v) is 8.55. The monoisotopic (exact) mass is 396 g/mol. The van der Waals surface area contributed by atoms with Crippen LogP contribution >= 0.6 is 39.2 Å². The summed E-state index contributed by atoms with van der Waals surface area (Å²) in [5.74, 6) is 0.688. The Hall–Kier alpha value is -0.360. The van der Waals surface area contributed by atoms with E-state index in [2.05, 4.69) is 52.0 Å². The van der Waals surface area contributed by atoms with E-state index in [1.165, 1.54) is 52.4 Å². The van der Waals surface area contributed by atoms with Gasteiger partial charge in [0, 0.05) is 33.6 Å². The van der Waals surface area contributed by atoms with E-state index in [-0.39, 0.29) is 0 Å². The number of nitrogens with one attached hydrogen (secondary N) is 1. The van der Waals surface area contributed by atoms with Gasteiger partial charge in [-0.25, -0.2) is 4.98 Å². The molecule has 1 heterocycles. The smallest absolute Gasteiger partial charge is 0.0962 e. The van der Waals surface area contributed by atoms with E-state index in [0.29, 0.717) is 5.92 Å². The summed E-state index contributed by atoms with van der Waals surface area (Å²) < 4.78 is 4.47. The first-order valence-electron chi connectivity index (χ1n) is 7.93. The number of nitrogens with zero attached hydrogens (tertiary/aromatic N) is 1. The molecule has 0 spiro atoms. The maximum atomic E-state index is 4.74. The molecule has 0 amide bonds. The Labute approximate surface area is 149 Å². The van der Waals surface area contributed by atoms with E-state index >= 15 is 0 Å². The van der Waals surface area contributed by atoms with Crippen molar-refractivity contribution < 1.29 is 0 Å². The zero-order valence-corrected chi connectivity index (χ0v) is 16.0. The second-order valence-electron chi connectivity index (χ2n) is 5.64. The van der Waals surface area contributed by atoms with Crippen LogP contribution in [0.15, 0.2) is 33.8 Å². The molecule has 0 unspecified atom stereocenters. The predicted molar refractivity (Wildman–Crippen MR) is 101 cm³/mol. The van der Waals surface area contributed by atoms with Crippen LogP contribution in [-0.4, -0.2) is 11.5 Å². The first-order valence-corrected chi connectivity index (χ1v) is 10.4. The van der Waals surface area contributed by atoms with E-state index in [1.54, 1.807) is 11.9 Å². The van der Waals surface area contributed by atoms with Gasteiger partial charge in [-0.3, -0.25) is 4.72 Å². The summed E-state index contributed by atoms with van der Waals surface area (Å²) in [5, 5.41) is 1.33. The number of thiazole rings is 1. The highest BCUT2D eigenvalue weighted by Crippen LogP contribution is 2.40. The molecule has 5 heteroatoms. The number of rotatable bonds is 5. The van der Waals surface area contributed by atoms with Crippen molar-refractivity contribution in [2.75, 3.05) is 6.54 Å². The van der Waals surface area contributed by atoms with Gasteiger partial charge in [-0.05, 0) is 36.9 Å². The lowest BCUT2D eigenvalue weighted by Crippen LogP contribution is -2.03. The highest BCUT2D eigenvalue weighted by Gasteiger charge is 2.19. The molecule has 1 saturated carbocycles. The summed E-state index contributed by atoms with van der Waals surface area (Å²) in [4.78, 5) is 7.28. The Morgan fingerprint density at radius 3 is 2.91 bits per heavy atom. The molecule has 0 saturated heterocycles. The Bertz CT molecular complexity index is 621. The number of halogens is 1. The molecule has 22 heavy (non-hydrogen) atoms. The van der Waals surface area contributed by atoms with Crippen LogP contribution in [0.1, 0.15) is 50.0 Å². The molecule has 1 aromatic carbocycles. The summed E-state index contributed by atoms with van der Waals surface area (Å²) >= 11 is 7.15. The number of hydrogen-bond donors (Lipinski definition) is 1. The van der Waals surface area contributed by atoms with Crippen LogP contribution in [0.5, 0.6) is 0 Å².